The summed E-state index contributed by atoms with van der Waals surface area (Å²) in [7, 11) is 1.88. The molecule has 2 rings (SSSR count). The minimum Gasteiger partial charge on any atom is -0.490 e. The van der Waals surface area contributed by atoms with Crippen LogP contribution in [0.15, 0.2) is 47.5 Å². The molecular formula is C17H21N3O3. The molecule has 0 atom stereocenters. The van der Waals surface area contributed by atoms with Crippen molar-refractivity contribution >= 4 is 11.8 Å². The van der Waals surface area contributed by atoms with Crippen molar-refractivity contribution in [3.63, 3.8) is 0 Å². The maximum absolute atomic E-state index is 11.9. The zero-order valence-corrected chi connectivity index (χ0v) is 13.4. The molecule has 0 fully saturated rings. The Morgan fingerprint density at radius 2 is 2.17 bits per heavy atom. The Morgan fingerprint density at radius 1 is 1.43 bits per heavy atom. The Balaban J connectivity index is 1.80. The molecule has 0 aliphatic heterocycles. The summed E-state index contributed by atoms with van der Waals surface area (Å²) >= 11 is 0. The number of aryl methyl sites for hydroxylation is 1. The Kier molecular flexibility index (Phi) is 5.94. The Bertz CT molecular complexity index is 649. The molecule has 0 radical (unpaired) electrons. The summed E-state index contributed by atoms with van der Waals surface area (Å²) < 4.78 is 10.4. The van der Waals surface area contributed by atoms with Crippen molar-refractivity contribution in [3.05, 3.63) is 54.2 Å². The number of hydrogen-bond acceptors (Lipinski definition) is 5. The molecule has 0 aliphatic carbocycles. The van der Waals surface area contributed by atoms with Crippen LogP contribution < -0.4 is 10.1 Å². The van der Waals surface area contributed by atoms with Gasteiger partial charge in [-0.1, -0.05) is 29.9 Å². The van der Waals surface area contributed by atoms with Crippen molar-refractivity contribution in [2.75, 3.05) is 25.5 Å². The average molecular weight is 315 g/mol. The predicted octanol–water partition coefficient (Wildman–Crippen LogP) is 2.62. The normalized spacial score (nSPS) is 10.6. The van der Waals surface area contributed by atoms with E-state index in [0.29, 0.717) is 19.0 Å². The smallest absolute Gasteiger partial charge is 0.240 e. The van der Waals surface area contributed by atoms with E-state index in [9.17, 15) is 4.79 Å². The van der Waals surface area contributed by atoms with Crippen LogP contribution in [0.1, 0.15) is 11.3 Å². The summed E-state index contributed by atoms with van der Waals surface area (Å²) in [6.45, 7) is 6.81. The van der Waals surface area contributed by atoms with E-state index < -0.39 is 0 Å². The van der Waals surface area contributed by atoms with Gasteiger partial charge in [0.25, 0.3) is 0 Å². The topological polar surface area (TPSA) is 67.6 Å². The minimum absolute atomic E-state index is 0.144. The number of anilines is 1. The van der Waals surface area contributed by atoms with Crippen molar-refractivity contribution in [1.29, 1.82) is 0 Å². The van der Waals surface area contributed by atoms with Gasteiger partial charge in [0.15, 0.2) is 0 Å². The second-order valence-corrected chi connectivity index (χ2v) is 5.30. The highest BCUT2D eigenvalue weighted by Gasteiger charge is 2.10. The third kappa shape index (κ3) is 5.60. The van der Waals surface area contributed by atoms with E-state index in [-0.39, 0.29) is 12.5 Å². The number of ether oxygens (including phenoxy) is 1. The van der Waals surface area contributed by atoms with E-state index in [4.69, 9.17) is 9.26 Å². The van der Waals surface area contributed by atoms with Crippen molar-refractivity contribution in [2.24, 2.45) is 0 Å². The first-order chi connectivity index (χ1) is 11.1. The minimum atomic E-state index is -0.144. The number of benzene rings is 1. The van der Waals surface area contributed by atoms with Gasteiger partial charge in [-0.2, -0.15) is 0 Å². The number of aromatic nitrogens is 1. The van der Waals surface area contributed by atoms with Gasteiger partial charge in [-0.3, -0.25) is 15.0 Å². The lowest BCUT2D eigenvalue weighted by atomic mass is 10.2. The first-order valence-corrected chi connectivity index (χ1v) is 7.31. The molecule has 122 valence electrons. The second kappa shape index (κ2) is 8.14. The summed E-state index contributed by atoms with van der Waals surface area (Å²) in [4.78, 5) is 13.8. The third-order valence-corrected chi connectivity index (χ3v) is 3.05. The molecule has 0 saturated carbocycles. The molecule has 1 N–H and O–H groups in total. The van der Waals surface area contributed by atoms with Gasteiger partial charge in [0.1, 0.15) is 12.4 Å². The van der Waals surface area contributed by atoms with Gasteiger partial charge < -0.3 is 9.26 Å². The number of rotatable bonds is 8. The van der Waals surface area contributed by atoms with Crippen LogP contribution in [0.4, 0.5) is 5.88 Å². The van der Waals surface area contributed by atoms with Crippen LogP contribution in [0.5, 0.6) is 5.75 Å². The van der Waals surface area contributed by atoms with Gasteiger partial charge in [0, 0.05) is 12.6 Å². The van der Waals surface area contributed by atoms with Crippen molar-refractivity contribution in [1.82, 2.24) is 10.1 Å². The molecule has 6 nitrogen and oxygen atoms in total. The Labute approximate surface area is 135 Å². The van der Waals surface area contributed by atoms with Crippen LogP contribution in [-0.4, -0.2) is 36.2 Å². The van der Waals surface area contributed by atoms with Gasteiger partial charge >= 0.3 is 0 Å². The SMILES string of the molecule is C=CCOc1ccc(CN(C)CC(=O)Nc2cc(C)no2)cc1. The lowest BCUT2D eigenvalue weighted by molar-refractivity contribution is -0.117. The van der Waals surface area contributed by atoms with Gasteiger partial charge in [-0.15, -0.1) is 0 Å². The highest BCUT2D eigenvalue weighted by atomic mass is 16.5. The first-order valence-electron chi connectivity index (χ1n) is 7.31. The molecule has 23 heavy (non-hydrogen) atoms. The molecule has 0 unspecified atom stereocenters. The molecule has 1 aromatic carbocycles. The summed E-state index contributed by atoms with van der Waals surface area (Å²) in [5, 5.41) is 6.40. The van der Waals surface area contributed by atoms with Crippen molar-refractivity contribution < 1.29 is 14.1 Å². The molecule has 0 saturated heterocycles. The largest absolute Gasteiger partial charge is 0.490 e. The number of hydrogen-bond donors (Lipinski definition) is 1. The Morgan fingerprint density at radius 3 is 2.78 bits per heavy atom. The van der Waals surface area contributed by atoms with E-state index in [1.807, 2.05) is 36.2 Å². The predicted molar refractivity (Wildman–Crippen MR) is 88.3 cm³/mol. The molecule has 0 spiro atoms. The fourth-order valence-electron chi connectivity index (χ4n) is 2.06. The van der Waals surface area contributed by atoms with Gasteiger partial charge in [0.2, 0.25) is 11.8 Å². The standard InChI is InChI=1S/C17H21N3O3/c1-4-9-22-15-7-5-14(6-8-15)11-20(3)12-16(21)18-17-10-13(2)19-23-17/h4-8,10H,1,9,11-12H2,2-3H3,(H,18,21). The molecule has 1 aromatic heterocycles. The average Bonchev–Trinajstić information content (AvgIpc) is 2.91. The van der Waals surface area contributed by atoms with Gasteiger partial charge in [0.05, 0.1) is 12.2 Å². The summed E-state index contributed by atoms with van der Waals surface area (Å²) in [6.07, 6.45) is 1.70. The van der Waals surface area contributed by atoms with Crippen LogP contribution in [-0.2, 0) is 11.3 Å². The fourth-order valence-corrected chi connectivity index (χ4v) is 2.06. The van der Waals surface area contributed by atoms with Crippen LogP contribution in [0, 0.1) is 6.92 Å². The number of amides is 1. The zero-order valence-electron chi connectivity index (χ0n) is 13.4. The lowest BCUT2D eigenvalue weighted by Crippen LogP contribution is -2.29. The van der Waals surface area contributed by atoms with E-state index in [1.165, 1.54) is 0 Å². The number of nitrogens with one attached hydrogen (secondary N) is 1. The van der Waals surface area contributed by atoms with E-state index in [2.05, 4.69) is 17.1 Å². The van der Waals surface area contributed by atoms with Crippen molar-refractivity contribution in [3.8, 4) is 5.75 Å². The fraction of sp³-hybridized carbons (Fsp3) is 0.294. The summed E-state index contributed by atoms with van der Waals surface area (Å²) in [5.41, 5.74) is 1.83. The maximum Gasteiger partial charge on any atom is 0.240 e. The maximum atomic E-state index is 11.9. The number of nitrogens with zero attached hydrogens (tertiary/aromatic N) is 2. The van der Waals surface area contributed by atoms with Crippen molar-refractivity contribution in [2.45, 2.75) is 13.5 Å². The summed E-state index contributed by atoms with van der Waals surface area (Å²) in [5.74, 6) is 1.02. The molecule has 1 amide bonds. The monoisotopic (exact) mass is 315 g/mol. The van der Waals surface area contributed by atoms with Crippen LogP contribution in [0.25, 0.3) is 0 Å². The first kappa shape index (κ1) is 16.8. The molecule has 2 aromatic rings. The summed E-state index contributed by atoms with van der Waals surface area (Å²) in [6, 6.07) is 9.45. The number of likely N-dealkylation sites (N-methyl/N-ethyl adjacent to an activating group) is 1. The van der Waals surface area contributed by atoms with Gasteiger partial charge in [-0.25, -0.2) is 0 Å². The van der Waals surface area contributed by atoms with E-state index in [1.54, 1.807) is 19.1 Å². The van der Waals surface area contributed by atoms with Gasteiger partial charge in [-0.05, 0) is 31.7 Å². The van der Waals surface area contributed by atoms with Crippen LogP contribution in [0.2, 0.25) is 0 Å². The quantitative estimate of drug-likeness (QED) is 0.759. The van der Waals surface area contributed by atoms with E-state index >= 15 is 0 Å². The highest BCUT2D eigenvalue weighted by molar-refractivity contribution is 5.90. The molecule has 0 aliphatic rings. The zero-order chi connectivity index (χ0) is 16.7. The van der Waals surface area contributed by atoms with Crippen LogP contribution >= 0.6 is 0 Å². The Hall–Kier alpha value is -2.60. The third-order valence-electron chi connectivity index (χ3n) is 3.05. The van der Waals surface area contributed by atoms with E-state index in [0.717, 1.165) is 17.0 Å². The number of carbonyl (C=O) groups excluding carboxylic acids is 1. The molecule has 6 heteroatoms. The molecule has 0 bridgehead atoms. The second-order valence-electron chi connectivity index (χ2n) is 5.30. The molecular weight excluding hydrogens is 294 g/mol. The molecule has 1 heterocycles. The number of carbonyl (C=O) groups is 1. The lowest BCUT2D eigenvalue weighted by Gasteiger charge is -2.16. The highest BCUT2D eigenvalue weighted by Crippen LogP contribution is 2.13. The van der Waals surface area contributed by atoms with Crippen LogP contribution in [0.3, 0.4) is 0 Å².